The number of aliphatic hydroxyl groups excluding tert-OH is 1. The summed E-state index contributed by atoms with van der Waals surface area (Å²) in [5.41, 5.74) is -7.95. The van der Waals surface area contributed by atoms with E-state index in [0.29, 0.717) is 26.2 Å². The van der Waals surface area contributed by atoms with Gasteiger partial charge in [-0.3, -0.25) is 9.59 Å². The molecule has 3 N–H and O–H groups in total. The van der Waals surface area contributed by atoms with Gasteiger partial charge in [-0.15, -0.1) is 0 Å². The number of carbonyl (C=O) groups excluding carboxylic acids is 2. The van der Waals surface area contributed by atoms with E-state index in [9.17, 15) is 51.3 Å². The summed E-state index contributed by atoms with van der Waals surface area (Å²) in [7, 11) is 0. The second-order valence-electron chi connectivity index (χ2n) is 14.6. The Labute approximate surface area is 256 Å². The smallest absolute Gasteiger partial charge is 0.417 e. The molecular formula is C31H50F6O7. The molecule has 3 aliphatic rings. The van der Waals surface area contributed by atoms with Crippen LogP contribution in [-0.2, 0) is 19.1 Å². The second kappa shape index (κ2) is 13.3. The van der Waals surface area contributed by atoms with E-state index in [0.717, 1.165) is 25.7 Å². The minimum Gasteiger partial charge on any atom is -0.462 e. The van der Waals surface area contributed by atoms with Crippen LogP contribution < -0.4 is 0 Å². The summed E-state index contributed by atoms with van der Waals surface area (Å²) in [6.45, 7) is 11.6. The number of hydrogen-bond acceptors (Lipinski definition) is 7. The summed E-state index contributed by atoms with van der Waals surface area (Å²) in [4.78, 5) is 24.2. The van der Waals surface area contributed by atoms with Gasteiger partial charge in [0.2, 0.25) is 0 Å². The molecule has 0 aromatic heterocycles. The van der Waals surface area contributed by atoms with E-state index in [4.69, 9.17) is 9.47 Å². The Hall–Kier alpha value is -1.60. The van der Waals surface area contributed by atoms with Gasteiger partial charge in [-0.2, -0.15) is 26.3 Å². The van der Waals surface area contributed by atoms with Gasteiger partial charge in [-0.1, -0.05) is 13.8 Å². The first-order valence-corrected chi connectivity index (χ1v) is 15.4. The van der Waals surface area contributed by atoms with Gasteiger partial charge in [0.25, 0.3) is 0 Å². The zero-order valence-corrected chi connectivity index (χ0v) is 26.9. The highest BCUT2D eigenvalue weighted by Gasteiger charge is 2.62. The summed E-state index contributed by atoms with van der Waals surface area (Å²) < 4.78 is 90.4. The number of hydrogen-bond donors (Lipinski definition) is 3. The van der Waals surface area contributed by atoms with E-state index in [2.05, 4.69) is 0 Å². The Bertz CT molecular complexity index is 970. The number of ether oxygens (including phenoxy) is 2. The fourth-order valence-electron chi connectivity index (χ4n) is 6.03. The molecule has 2 bridgehead atoms. The third kappa shape index (κ3) is 8.40. The SMILES string of the molecule is CCC(C)(C)C(=O)OC1CC(C(C)(O)C(F)(F)F)CC(C(C)(O)C(F)(F)F)C1.CCC(C)(C)C(=O)OC1CC2CC(O)C1C2. The molecule has 44 heavy (non-hydrogen) atoms. The Morgan fingerprint density at radius 3 is 1.41 bits per heavy atom. The van der Waals surface area contributed by atoms with Crippen LogP contribution in [0, 0.1) is 34.5 Å². The predicted molar refractivity (Wildman–Crippen MR) is 149 cm³/mol. The highest BCUT2D eigenvalue weighted by atomic mass is 19.4. The van der Waals surface area contributed by atoms with Crippen LogP contribution in [0.25, 0.3) is 0 Å². The topological polar surface area (TPSA) is 113 Å². The molecule has 3 saturated carbocycles. The van der Waals surface area contributed by atoms with Crippen LogP contribution in [-0.4, -0.2) is 69.1 Å². The van der Waals surface area contributed by atoms with Crippen LogP contribution in [0.1, 0.15) is 107 Å². The van der Waals surface area contributed by atoms with Crippen LogP contribution in [0.4, 0.5) is 26.3 Å². The van der Waals surface area contributed by atoms with Crippen LogP contribution in [0.3, 0.4) is 0 Å². The minimum atomic E-state index is -5.10. The Balaban J connectivity index is 0.000000354. The fourth-order valence-corrected chi connectivity index (χ4v) is 6.03. The summed E-state index contributed by atoms with van der Waals surface area (Å²) >= 11 is 0. The number of rotatable bonds is 8. The Morgan fingerprint density at radius 1 is 0.659 bits per heavy atom. The van der Waals surface area contributed by atoms with E-state index in [1.807, 2.05) is 20.8 Å². The van der Waals surface area contributed by atoms with Gasteiger partial charge in [0, 0.05) is 17.8 Å². The van der Waals surface area contributed by atoms with Crippen molar-refractivity contribution in [3.05, 3.63) is 0 Å². The molecular weight excluding hydrogens is 598 g/mol. The van der Waals surface area contributed by atoms with Crippen molar-refractivity contribution >= 4 is 11.9 Å². The molecule has 0 spiro atoms. The quantitative estimate of drug-likeness (QED) is 0.203. The molecule has 0 radical (unpaired) electrons. The van der Waals surface area contributed by atoms with E-state index in [1.54, 1.807) is 20.8 Å². The zero-order chi connectivity index (χ0) is 34.3. The maximum absolute atomic E-state index is 13.3. The maximum Gasteiger partial charge on any atom is 0.417 e. The van der Waals surface area contributed by atoms with Crippen molar-refractivity contribution in [2.75, 3.05) is 0 Å². The molecule has 8 unspecified atom stereocenters. The average molecular weight is 649 g/mol. The molecule has 13 heteroatoms. The zero-order valence-electron chi connectivity index (χ0n) is 26.9. The standard InChI is InChI=1S/C18H28F6O4.C13H22O3/c1-6-14(2,3)13(25)28-12-8-10(15(4,26)17(19,20)21)7-11(9-12)16(5,27)18(22,23)24;1-4-13(2,3)12(15)16-11-7-8-5-9(11)10(14)6-8/h10-12,26-27H,6-9H2,1-5H3;8-11,14H,4-7H2,1-3H3. The molecule has 3 aliphatic carbocycles. The largest absolute Gasteiger partial charge is 0.462 e. The average Bonchev–Trinajstić information content (AvgIpc) is 3.46. The van der Waals surface area contributed by atoms with Crippen molar-refractivity contribution in [2.24, 2.45) is 34.5 Å². The number of alkyl halides is 6. The van der Waals surface area contributed by atoms with Gasteiger partial charge in [0.15, 0.2) is 11.2 Å². The van der Waals surface area contributed by atoms with Crippen LogP contribution in [0.15, 0.2) is 0 Å². The Kier molecular flexibility index (Phi) is 11.6. The third-order valence-corrected chi connectivity index (χ3v) is 10.5. The summed E-state index contributed by atoms with van der Waals surface area (Å²) in [5, 5.41) is 29.8. The highest BCUT2D eigenvalue weighted by Crippen LogP contribution is 2.50. The van der Waals surface area contributed by atoms with Crippen molar-refractivity contribution in [3.8, 4) is 0 Å². The highest BCUT2D eigenvalue weighted by molar-refractivity contribution is 5.76. The fraction of sp³-hybridized carbons (Fsp3) is 0.935. The van der Waals surface area contributed by atoms with Crippen LogP contribution in [0.2, 0.25) is 0 Å². The van der Waals surface area contributed by atoms with Gasteiger partial charge in [-0.25, -0.2) is 0 Å². The summed E-state index contributed by atoms with van der Waals surface area (Å²) in [6.07, 6.45) is -9.37. The lowest BCUT2D eigenvalue weighted by Gasteiger charge is -2.46. The lowest BCUT2D eigenvalue weighted by molar-refractivity contribution is -0.299. The molecule has 3 fully saturated rings. The van der Waals surface area contributed by atoms with Gasteiger partial charge >= 0.3 is 24.3 Å². The third-order valence-electron chi connectivity index (χ3n) is 10.5. The number of fused-ring (bicyclic) bond motifs is 2. The number of aliphatic hydroxyl groups is 3. The van der Waals surface area contributed by atoms with Gasteiger partial charge in [0.1, 0.15) is 12.2 Å². The van der Waals surface area contributed by atoms with Gasteiger partial charge in [0.05, 0.1) is 16.9 Å². The van der Waals surface area contributed by atoms with Crippen molar-refractivity contribution in [1.29, 1.82) is 0 Å². The summed E-state index contributed by atoms with van der Waals surface area (Å²) in [6, 6.07) is 0. The lowest BCUT2D eigenvalue weighted by Crippen LogP contribution is -2.57. The van der Waals surface area contributed by atoms with Crippen molar-refractivity contribution < 1.29 is 60.7 Å². The minimum absolute atomic E-state index is 0.0351. The van der Waals surface area contributed by atoms with Gasteiger partial charge < -0.3 is 24.8 Å². The van der Waals surface area contributed by atoms with E-state index in [-0.39, 0.29) is 24.1 Å². The van der Waals surface area contributed by atoms with Crippen molar-refractivity contribution in [1.82, 2.24) is 0 Å². The second-order valence-corrected chi connectivity index (χ2v) is 14.6. The molecule has 7 nitrogen and oxygen atoms in total. The molecule has 0 amide bonds. The van der Waals surface area contributed by atoms with Gasteiger partial charge in [-0.05, 0) is 98.8 Å². The lowest BCUT2D eigenvalue weighted by atomic mass is 9.67. The first kappa shape index (κ1) is 38.6. The molecule has 0 heterocycles. The van der Waals surface area contributed by atoms with E-state index in [1.165, 1.54) is 0 Å². The van der Waals surface area contributed by atoms with Crippen LogP contribution >= 0.6 is 0 Å². The summed E-state index contributed by atoms with van der Waals surface area (Å²) in [5.74, 6) is -3.45. The first-order valence-electron chi connectivity index (χ1n) is 15.4. The number of carbonyl (C=O) groups is 2. The van der Waals surface area contributed by atoms with Crippen LogP contribution in [0.5, 0.6) is 0 Å². The molecule has 0 saturated heterocycles. The normalized spacial score (nSPS) is 32.2. The molecule has 3 rings (SSSR count). The first-order chi connectivity index (χ1) is 19.7. The molecule has 8 atom stereocenters. The molecule has 0 aliphatic heterocycles. The molecule has 258 valence electrons. The van der Waals surface area contributed by atoms with E-state index < -0.39 is 77.6 Å². The number of halogens is 6. The van der Waals surface area contributed by atoms with Crippen molar-refractivity contribution in [3.63, 3.8) is 0 Å². The monoisotopic (exact) mass is 648 g/mol. The van der Waals surface area contributed by atoms with Crippen molar-refractivity contribution in [2.45, 2.75) is 149 Å². The number of esters is 2. The molecule has 0 aromatic carbocycles. The maximum atomic E-state index is 13.3. The van der Waals surface area contributed by atoms with E-state index >= 15 is 0 Å². The predicted octanol–water partition coefficient (Wildman–Crippen LogP) is 6.50. The Morgan fingerprint density at radius 2 is 1.07 bits per heavy atom. The molecule has 0 aromatic rings.